The van der Waals surface area contributed by atoms with E-state index in [9.17, 15) is 28.7 Å². The molecule has 0 bridgehead atoms. The third-order valence-corrected chi connectivity index (χ3v) is 5.24. The molecule has 0 heterocycles. The van der Waals surface area contributed by atoms with E-state index in [4.69, 9.17) is 16.9 Å². The number of benzene rings is 2. The molecule has 0 saturated carbocycles. The smallest absolute Gasteiger partial charge is 0.315 e. The summed E-state index contributed by atoms with van der Waals surface area (Å²) in [4.78, 5) is 8.95. The number of nitrogens with zero attached hydrogens (tertiary/aromatic N) is 2. The molecule has 0 spiro atoms. The first-order valence-electron chi connectivity index (χ1n) is 6.25. The van der Waals surface area contributed by atoms with Crippen LogP contribution in [0.4, 0.5) is 5.69 Å². The number of nitro benzene ring substituents is 1. The van der Waals surface area contributed by atoms with E-state index in [-0.39, 0.29) is 15.5 Å². The molecule has 124 valence electrons. The highest BCUT2D eigenvalue weighted by Crippen LogP contribution is 2.39. The van der Waals surface area contributed by atoms with Gasteiger partial charge in [0, 0.05) is 12.1 Å². The molecule has 0 fully saturated rings. The van der Waals surface area contributed by atoms with Crippen molar-refractivity contribution < 1.29 is 23.6 Å². The Balaban J connectivity index is 2.73. The number of nitriles is 1. The summed E-state index contributed by atoms with van der Waals surface area (Å²) in [6.07, 6.45) is 0. The van der Waals surface area contributed by atoms with Crippen LogP contribution in [0.1, 0.15) is 11.1 Å². The maximum Gasteiger partial charge on any atom is 0.315 e. The molecule has 0 saturated heterocycles. The van der Waals surface area contributed by atoms with E-state index in [0.29, 0.717) is 17.7 Å². The molecule has 0 aliphatic rings. The number of hydrogen-bond acceptors (Lipinski definition) is 7. The lowest BCUT2D eigenvalue weighted by Crippen LogP contribution is -2.04. The van der Waals surface area contributed by atoms with Crippen molar-refractivity contribution in [3.05, 3.63) is 50.5 Å². The van der Waals surface area contributed by atoms with Gasteiger partial charge in [0.05, 0.1) is 25.3 Å². The Bertz CT molecular complexity index is 988. The van der Waals surface area contributed by atoms with Crippen molar-refractivity contribution in [1.29, 1.82) is 5.26 Å². The van der Waals surface area contributed by atoms with Crippen LogP contribution in [0.2, 0.25) is 5.02 Å². The molecule has 2 N–H and O–H groups in total. The van der Waals surface area contributed by atoms with E-state index in [1.54, 1.807) is 0 Å². The van der Waals surface area contributed by atoms with E-state index in [1.165, 1.54) is 13.0 Å². The van der Waals surface area contributed by atoms with Crippen LogP contribution in [-0.2, 0) is 9.84 Å². The highest BCUT2D eigenvalue weighted by Gasteiger charge is 2.27. The summed E-state index contributed by atoms with van der Waals surface area (Å²) in [6, 6.07) is 5.39. The van der Waals surface area contributed by atoms with Crippen LogP contribution in [0.3, 0.4) is 0 Å². The normalized spacial score (nSPS) is 11.0. The zero-order chi connectivity index (χ0) is 18.2. The van der Waals surface area contributed by atoms with E-state index in [2.05, 4.69) is 0 Å². The van der Waals surface area contributed by atoms with Gasteiger partial charge in [0.15, 0.2) is 5.75 Å². The van der Waals surface area contributed by atoms with Crippen LogP contribution in [0, 0.1) is 28.4 Å². The van der Waals surface area contributed by atoms with Gasteiger partial charge >= 0.3 is 5.69 Å². The molecule has 2 aromatic carbocycles. The minimum atomic E-state index is -4.27. The lowest BCUT2D eigenvalue weighted by molar-refractivity contribution is -0.386. The Morgan fingerprint density at radius 2 is 1.79 bits per heavy atom. The van der Waals surface area contributed by atoms with Gasteiger partial charge in [-0.2, -0.15) is 5.26 Å². The molecule has 2 aromatic rings. The molecule has 0 unspecified atom stereocenters. The predicted octanol–water partition coefficient (Wildman–Crippen LogP) is 2.67. The lowest BCUT2D eigenvalue weighted by atomic mass is 10.1. The topological polar surface area (TPSA) is 142 Å². The Labute approximate surface area is 141 Å². The number of nitro groups is 1. The van der Waals surface area contributed by atoms with Crippen LogP contribution >= 0.6 is 11.6 Å². The van der Waals surface area contributed by atoms with Crippen molar-refractivity contribution in [3.8, 4) is 17.6 Å². The van der Waals surface area contributed by atoms with E-state index in [1.807, 2.05) is 6.07 Å². The predicted molar refractivity (Wildman–Crippen MR) is 82.8 cm³/mol. The second-order valence-corrected chi connectivity index (χ2v) is 7.14. The quantitative estimate of drug-likeness (QED) is 0.481. The number of rotatable bonds is 3. The monoisotopic (exact) mass is 368 g/mol. The molecular formula is C14H9ClN2O6S. The summed E-state index contributed by atoms with van der Waals surface area (Å²) in [5.74, 6) is -1.98. The molecule has 0 atom stereocenters. The average Bonchev–Trinajstić information content (AvgIpc) is 2.48. The van der Waals surface area contributed by atoms with Gasteiger partial charge in [-0.05, 0) is 24.6 Å². The van der Waals surface area contributed by atoms with E-state index in [0.717, 1.165) is 6.07 Å². The number of hydrogen-bond donors (Lipinski definition) is 2. The number of phenols is 2. The molecule has 8 nitrogen and oxygen atoms in total. The molecular weight excluding hydrogens is 360 g/mol. The summed E-state index contributed by atoms with van der Waals surface area (Å²) in [7, 11) is -4.27. The van der Waals surface area contributed by atoms with Crippen LogP contribution < -0.4 is 0 Å². The fourth-order valence-corrected chi connectivity index (χ4v) is 3.80. The fourth-order valence-electron chi connectivity index (χ4n) is 2.02. The summed E-state index contributed by atoms with van der Waals surface area (Å²) >= 11 is 5.88. The number of phenolic OH excluding ortho intramolecular Hbond substituents is 2. The third-order valence-electron chi connectivity index (χ3n) is 3.23. The van der Waals surface area contributed by atoms with Gasteiger partial charge in [0.2, 0.25) is 15.6 Å². The first kappa shape index (κ1) is 17.5. The van der Waals surface area contributed by atoms with Gasteiger partial charge in [-0.3, -0.25) is 10.1 Å². The van der Waals surface area contributed by atoms with Gasteiger partial charge < -0.3 is 10.2 Å². The summed E-state index contributed by atoms with van der Waals surface area (Å²) in [5, 5.41) is 38.7. The molecule has 0 aliphatic carbocycles. The third kappa shape index (κ3) is 2.84. The molecule has 0 radical (unpaired) electrons. The largest absolute Gasteiger partial charge is 0.504 e. The van der Waals surface area contributed by atoms with Crippen molar-refractivity contribution in [1.82, 2.24) is 0 Å². The molecule has 0 aliphatic heterocycles. The van der Waals surface area contributed by atoms with Crippen molar-refractivity contribution in [2.45, 2.75) is 16.7 Å². The number of halogens is 1. The second-order valence-electron chi connectivity index (χ2n) is 4.78. The first-order chi connectivity index (χ1) is 11.1. The second kappa shape index (κ2) is 5.99. The fraction of sp³-hybridized carbons (Fsp3) is 0.0714. The minimum absolute atomic E-state index is 0.0893. The standard InChI is InChI=1S/C14H9ClN2O6S/c1-7-2-8(3-11(15)10(7)6-16)24(22,23)9-4-12(17(20)21)14(19)13(18)5-9/h2-5,18-19H,1H3. The van der Waals surface area contributed by atoms with Gasteiger partial charge in [0.1, 0.15) is 6.07 Å². The Morgan fingerprint density at radius 3 is 2.29 bits per heavy atom. The lowest BCUT2D eigenvalue weighted by Gasteiger charge is -2.09. The van der Waals surface area contributed by atoms with Gasteiger partial charge in [-0.25, -0.2) is 8.42 Å². The van der Waals surface area contributed by atoms with Crippen LogP contribution in [-0.4, -0.2) is 23.6 Å². The summed E-state index contributed by atoms with van der Waals surface area (Å²) in [6.45, 7) is 1.49. The molecule has 10 heteroatoms. The van der Waals surface area contributed by atoms with Crippen molar-refractivity contribution in [2.75, 3.05) is 0 Å². The Morgan fingerprint density at radius 1 is 1.21 bits per heavy atom. The average molecular weight is 369 g/mol. The van der Waals surface area contributed by atoms with Gasteiger partial charge in [0.25, 0.3) is 0 Å². The maximum atomic E-state index is 12.6. The highest BCUT2D eigenvalue weighted by molar-refractivity contribution is 7.91. The SMILES string of the molecule is Cc1cc(S(=O)(=O)c2cc(O)c(O)c([N+](=O)[O-])c2)cc(Cl)c1C#N. The Hall–Kier alpha value is -2.83. The zero-order valence-electron chi connectivity index (χ0n) is 12.0. The van der Waals surface area contributed by atoms with Crippen molar-refractivity contribution in [3.63, 3.8) is 0 Å². The maximum absolute atomic E-state index is 12.6. The molecule has 0 amide bonds. The first-order valence-corrected chi connectivity index (χ1v) is 8.11. The van der Waals surface area contributed by atoms with Crippen molar-refractivity contribution in [2.24, 2.45) is 0 Å². The van der Waals surface area contributed by atoms with Gasteiger partial charge in [-0.15, -0.1) is 0 Å². The molecule has 24 heavy (non-hydrogen) atoms. The molecule has 2 rings (SSSR count). The zero-order valence-corrected chi connectivity index (χ0v) is 13.6. The van der Waals surface area contributed by atoms with Crippen LogP contribution in [0.15, 0.2) is 34.1 Å². The van der Waals surface area contributed by atoms with Crippen LogP contribution in [0.25, 0.3) is 0 Å². The van der Waals surface area contributed by atoms with E-state index < -0.39 is 36.8 Å². The highest BCUT2D eigenvalue weighted by atomic mass is 35.5. The Kier molecular flexibility index (Phi) is 4.38. The summed E-state index contributed by atoms with van der Waals surface area (Å²) < 4.78 is 25.2. The summed E-state index contributed by atoms with van der Waals surface area (Å²) in [5.41, 5.74) is -0.540. The minimum Gasteiger partial charge on any atom is -0.504 e. The molecule has 0 aromatic heterocycles. The van der Waals surface area contributed by atoms with Crippen molar-refractivity contribution >= 4 is 27.1 Å². The number of aryl methyl sites for hydroxylation is 1. The van der Waals surface area contributed by atoms with E-state index >= 15 is 0 Å². The van der Waals surface area contributed by atoms with Crippen LogP contribution in [0.5, 0.6) is 11.5 Å². The van der Waals surface area contributed by atoms with Gasteiger partial charge in [-0.1, -0.05) is 11.6 Å². The number of sulfone groups is 1. The number of aromatic hydroxyl groups is 2.